The second-order valence-corrected chi connectivity index (χ2v) is 5.72. The molecule has 0 aromatic rings. The van der Waals surface area contributed by atoms with E-state index in [-0.39, 0.29) is 17.7 Å². The number of hydrogen-bond acceptors (Lipinski definition) is 2. The highest BCUT2D eigenvalue weighted by Gasteiger charge is 2.36. The Morgan fingerprint density at radius 3 is 2.28 bits per heavy atom. The fourth-order valence-corrected chi connectivity index (χ4v) is 3.05. The molecule has 2 fully saturated rings. The summed E-state index contributed by atoms with van der Waals surface area (Å²) in [7, 11) is 0. The van der Waals surface area contributed by atoms with Gasteiger partial charge in [0.25, 0.3) is 0 Å². The van der Waals surface area contributed by atoms with Crippen molar-refractivity contribution in [2.45, 2.75) is 45.4 Å². The van der Waals surface area contributed by atoms with Crippen LogP contribution in [0.1, 0.15) is 45.4 Å². The van der Waals surface area contributed by atoms with Crippen molar-refractivity contribution in [3.63, 3.8) is 0 Å². The van der Waals surface area contributed by atoms with E-state index in [1.165, 1.54) is 19.3 Å². The van der Waals surface area contributed by atoms with Crippen LogP contribution in [0.25, 0.3) is 0 Å². The number of carbonyl (C=O) groups excluding carboxylic acids is 1. The Hall–Kier alpha value is -1.06. The van der Waals surface area contributed by atoms with Crippen molar-refractivity contribution in [1.29, 1.82) is 0 Å². The molecule has 2 rings (SSSR count). The Morgan fingerprint density at radius 2 is 1.83 bits per heavy atom. The van der Waals surface area contributed by atoms with Gasteiger partial charge in [-0.05, 0) is 44.9 Å². The Kier molecular flexibility index (Phi) is 4.25. The second-order valence-electron chi connectivity index (χ2n) is 5.72. The van der Waals surface area contributed by atoms with Gasteiger partial charge in [-0.1, -0.05) is 6.42 Å². The van der Waals surface area contributed by atoms with E-state index in [0.717, 1.165) is 19.5 Å². The third-order valence-electron chi connectivity index (χ3n) is 4.53. The van der Waals surface area contributed by atoms with E-state index in [0.29, 0.717) is 18.8 Å². The fraction of sp³-hybridized carbons (Fsp3) is 0.857. The van der Waals surface area contributed by atoms with E-state index in [4.69, 9.17) is 5.11 Å². The van der Waals surface area contributed by atoms with Crippen LogP contribution in [-0.2, 0) is 9.59 Å². The van der Waals surface area contributed by atoms with Crippen LogP contribution in [0.4, 0.5) is 0 Å². The predicted octanol–water partition coefficient (Wildman–Crippen LogP) is 2.14. The fourth-order valence-electron chi connectivity index (χ4n) is 3.05. The lowest BCUT2D eigenvalue weighted by Gasteiger charge is -2.33. The Balaban J connectivity index is 1.86. The van der Waals surface area contributed by atoms with E-state index in [2.05, 4.69) is 0 Å². The average molecular weight is 253 g/mol. The smallest absolute Gasteiger partial charge is 0.306 e. The van der Waals surface area contributed by atoms with Gasteiger partial charge in [0, 0.05) is 19.0 Å². The molecule has 2 aliphatic carbocycles. The lowest BCUT2D eigenvalue weighted by molar-refractivity contribution is -0.141. The molecule has 0 aromatic carbocycles. The molecule has 0 bridgehead atoms. The van der Waals surface area contributed by atoms with E-state index in [1.54, 1.807) is 0 Å². The first-order chi connectivity index (χ1) is 8.61. The minimum absolute atomic E-state index is 0.0499. The van der Waals surface area contributed by atoms with Crippen molar-refractivity contribution in [2.75, 3.05) is 13.1 Å². The Bertz CT molecular complexity index is 325. The number of carbonyl (C=O) groups is 2. The van der Waals surface area contributed by atoms with Gasteiger partial charge >= 0.3 is 5.97 Å². The predicted molar refractivity (Wildman–Crippen MR) is 68.1 cm³/mol. The molecule has 4 nitrogen and oxygen atoms in total. The minimum atomic E-state index is -0.743. The molecule has 0 saturated heterocycles. The van der Waals surface area contributed by atoms with Gasteiger partial charge in [-0.3, -0.25) is 9.59 Å². The van der Waals surface area contributed by atoms with E-state index < -0.39 is 5.97 Å². The maximum absolute atomic E-state index is 12.4. The number of amides is 1. The van der Waals surface area contributed by atoms with Gasteiger partial charge in [-0.2, -0.15) is 0 Å². The number of carboxylic acids is 1. The van der Waals surface area contributed by atoms with Crippen molar-refractivity contribution in [3.8, 4) is 0 Å². The molecule has 1 N–H and O–H groups in total. The molecule has 4 heteroatoms. The highest BCUT2D eigenvalue weighted by atomic mass is 16.4. The van der Waals surface area contributed by atoms with Crippen LogP contribution in [0.5, 0.6) is 0 Å². The molecule has 0 heterocycles. The molecule has 102 valence electrons. The van der Waals surface area contributed by atoms with Gasteiger partial charge in [0.2, 0.25) is 5.91 Å². The molecule has 0 aliphatic heterocycles. The maximum Gasteiger partial charge on any atom is 0.306 e. The van der Waals surface area contributed by atoms with Crippen LogP contribution in [0.2, 0.25) is 0 Å². The number of nitrogens with zero attached hydrogens (tertiary/aromatic N) is 1. The minimum Gasteiger partial charge on any atom is -0.481 e. The zero-order chi connectivity index (χ0) is 13.1. The molecule has 2 atom stereocenters. The molecule has 0 aromatic heterocycles. The summed E-state index contributed by atoms with van der Waals surface area (Å²) < 4.78 is 0. The topological polar surface area (TPSA) is 57.6 Å². The number of carboxylic acid groups (broad SMARTS) is 1. The molecule has 1 amide bonds. The van der Waals surface area contributed by atoms with E-state index in [1.807, 2.05) is 11.8 Å². The average Bonchev–Trinajstić information content (AvgIpc) is 2.76. The summed E-state index contributed by atoms with van der Waals surface area (Å²) in [6.45, 7) is 3.65. The molecular formula is C14H23NO3. The summed E-state index contributed by atoms with van der Waals surface area (Å²) in [5, 5.41) is 8.98. The summed E-state index contributed by atoms with van der Waals surface area (Å²) in [4.78, 5) is 25.2. The largest absolute Gasteiger partial charge is 0.481 e. The quantitative estimate of drug-likeness (QED) is 0.816. The van der Waals surface area contributed by atoms with Crippen LogP contribution < -0.4 is 0 Å². The Labute approximate surface area is 108 Å². The number of hydrogen-bond donors (Lipinski definition) is 1. The molecule has 2 unspecified atom stereocenters. The highest BCUT2D eigenvalue weighted by molar-refractivity contribution is 5.81. The van der Waals surface area contributed by atoms with Crippen LogP contribution in [-0.4, -0.2) is 35.0 Å². The van der Waals surface area contributed by atoms with Crippen LogP contribution >= 0.6 is 0 Å². The summed E-state index contributed by atoms with van der Waals surface area (Å²) in [5.41, 5.74) is 0. The highest BCUT2D eigenvalue weighted by Crippen LogP contribution is 2.33. The van der Waals surface area contributed by atoms with Crippen molar-refractivity contribution in [2.24, 2.45) is 17.8 Å². The molecular weight excluding hydrogens is 230 g/mol. The summed E-state index contributed by atoms with van der Waals surface area (Å²) in [6, 6.07) is 0. The van der Waals surface area contributed by atoms with E-state index >= 15 is 0 Å². The van der Waals surface area contributed by atoms with Gasteiger partial charge in [-0.15, -0.1) is 0 Å². The zero-order valence-electron chi connectivity index (χ0n) is 11.1. The first-order valence-corrected chi connectivity index (χ1v) is 7.13. The zero-order valence-corrected chi connectivity index (χ0v) is 11.1. The van der Waals surface area contributed by atoms with Crippen molar-refractivity contribution >= 4 is 11.9 Å². The van der Waals surface area contributed by atoms with E-state index in [9.17, 15) is 9.59 Å². The van der Waals surface area contributed by atoms with Gasteiger partial charge in [0.05, 0.1) is 5.92 Å². The third kappa shape index (κ3) is 2.85. The van der Waals surface area contributed by atoms with Crippen LogP contribution in [0, 0.1) is 17.8 Å². The Morgan fingerprint density at radius 1 is 1.17 bits per heavy atom. The van der Waals surface area contributed by atoms with Crippen LogP contribution in [0.3, 0.4) is 0 Å². The van der Waals surface area contributed by atoms with Gasteiger partial charge in [0.1, 0.15) is 0 Å². The summed E-state index contributed by atoms with van der Waals surface area (Å²) >= 11 is 0. The standard InChI is InChI=1S/C14H23NO3/c1-2-15(9-10-4-3-5-10)13(16)11-6-7-12(8-11)14(17)18/h10-12H,2-9H2,1H3,(H,17,18). The molecule has 2 saturated carbocycles. The van der Waals surface area contributed by atoms with Gasteiger partial charge < -0.3 is 10.0 Å². The molecule has 0 radical (unpaired) electrons. The number of aliphatic carboxylic acids is 1. The normalized spacial score (nSPS) is 27.8. The lowest BCUT2D eigenvalue weighted by atomic mass is 9.85. The monoisotopic (exact) mass is 253 g/mol. The summed E-state index contributed by atoms with van der Waals surface area (Å²) in [6.07, 6.45) is 5.72. The third-order valence-corrected chi connectivity index (χ3v) is 4.53. The first-order valence-electron chi connectivity index (χ1n) is 7.13. The maximum atomic E-state index is 12.4. The summed E-state index contributed by atoms with van der Waals surface area (Å²) in [5.74, 6) is -0.224. The number of rotatable bonds is 5. The van der Waals surface area contributed by atoms with Crippen molar-refractivity contribution in [1.82, 2.24) is 4.90 Å². The molecule has 2 aliphatic rings. The van der Waals surface area contributed by atoms with Crippen molar-refractivity contribution in [3.05, 3.63) is 0 Å². The van der Waals surface area contributed by atoms with Crippen LogP contribution in [0.15, 0.2) is 0 Å². The lowest BCUT2D eigenvalue weighted by Crippen LogP contribution is -2.40. The first kappa shape index (κ1) is 13.4. The van der Waals surface area contributed by atoms with Gasteiger partial charge in [0.15, 0.2) is 0 Å². The van der Waals surface area contributed by atoms with Crippen molar-refractivity contribution < 1.29 is 14.7 Å². The molecule has 0 spiro atoms. The second kappa shape index (κ2) is 5.72. The van der Waals surface area contributed by atoms with Gasteiger partial charge in [-0.25, -0.2) is 0 Å². The molecule has 18 heavy (non-hydrogen) atoms. The SMILES string of the molecule is CCN(CC1CCC1)C(=O)C1CCC(C(=O)O)C1.